The van der Waals surface area contributed by atoms with Crippen molar-refractivity contribution in [1.29, 1.82) is 0 Å². The molecule has 0 aliphatic rings. The van der Waals surface area contributed by atoms with E-state index in [1.165, 1.54) is 12.1 Å². The second kappa shape index (κ2) is 5.55. The van der Waals surface area contributed by atoms with Crippen LogP contribution in [0.5, 0.6) is 11.5 Å². The van der Waals surface area contributed by atoms with Gasteiger partial charge in [-0.3, -0.25) is 0 Å². The Kier molecular flexibility index (Phi) is 4.00. The first-order valence-corrected chi connectivity index (χ1v) is 6.55. The molecule has 0 bridgehead atoms. The van der Waals surface area contributed by atoms with Gasteiger partial charge in [0.05, 0.1) is 10.6 Å². The van der Waals surface area contributed by atoms with Crippen LogP contribution in [0.25, 0.3) is 0 Å². The molecule has 0 saturated carbocycles. The van der Waals surface area contributed by atoms with Gasteiger partial charge in [-0.1, -0.05) is 17.7 Å². The zero-order valence-corrected chi connectivity index (χ0v) is 12.3. The fourth-order valence-electron chi connectivity index (χ4n) is 1.94. The molecule has 1 N–H and O–H groups in total. The summed E-state index contributed by atoms with van der Waals surface area (Å²) in [5.41, 5.74) is 3.41. The molecule has 2 aromatic carbocycles. The topological polar surface area (TPSA) is 46.5 Å². The van der Waals surface area contributed by atoms with Gasteiger partial charge in [-0.2, -0.15) is 0 Å². The Balaban J connectivity index is 2.38. The first-order valence-electron chi connectivity index (χ1n) is 6.17. The average Bonchev–Trinajstić information content (AvgIpc) is 2.37. The Hall–Kier alpha value is -2.00. The van der Waals surface area contributed by atoms with Crippen LogP contribution in [0.4, 0.5) is 0 Å². The molecule has 2 aromatic rings. The number of carboxylic acids is 1. The number of aryl methyl sites for hydroxylation is 2. The summed E-state index contributed by atoms with van der Waals surface area (Å²) in [6.07, 6.45) is 0. The number of carbonyl (C=O) groups is 1. The highest BCUT2D eigenvalue weighted by atomic mass is 35.5. The van der Waals surface area contributed by atoms with E-state index in [0.717, 1.165) is 22.4 Å². The fourth-order valence-corrected chi connectivity index (χ4v) is 2.16. The highest BCUT2D eigenvalue weighted by Crippen LogP contribution is 2.33. The molecule has 0 radical (unpaired) electrons. The molecule has 0 amide bonds. The van der Waals surface area contributed by atoms with Crippen LogP contribution >= 0.6 is 11.6 Å². The minimum Gasteiger partial charge on any atom is -0.478 e. The van der Waals surface area contributed by atoms with E-state index in [9.17, 15) is 4.79 Å². The van der Waals surface area contributed by atoms with E-state index < -0.39 is 5.97 Å². The summed E-state index contributed by atoms with van der Waals surface area (Å²) >= 11 is 6.07. The lowest BCUT2D eigenvalue weighted by atomic mass is 10.1. The van der Waals surface area contributed by atoms with Crippen LogP contribution in [-0.4, -0.2) is 11.1 Å². The SMILES string of the molecule is Cc1cc(C)c(C)c(Oc2ccc(C(=O)O)cc2Cl)c1. The molecule has 0 heterocycles. The Morgan fingerprint density at radius 2 is 1.80 bits per heavy atom. The van der Waals surface area contributed by atoms with Crippen molar-refractivity contribution in [3.8, 4) is 11.5 Å². The van der Waals surface area contributed by atoms with Crippen molar-refractivity contribution in [3.05, 3.63) is 57.6 Å². The van der Waals surface area contributed by atoms with E-state index in [4.69, 9.17) is 21.4 Å². The summed E-state index contributed by atoms with van der Waals surface area (Å²) in [7, 11) is 0. The third-order valence-corrected chi connectivity index (χ3v) is 3.46. The van der Waals surface area contributed by atoms with Gasteiger partial charge in [0.2, 0.25) is 0 Å². The maximum absolute atomic E-state index is 10.9. The summed E-state index contributed by atoms with van der Waals surface area (Å²) in [5, 5.41) is 9.19. The van der Waals surface area contributed by atoms with Crippen LogP contribution in [0.2, 0.25) is 5.02 Å². The van der Waals surface area contributed by atoms with Crippen LogP contribution in [0.1, 0.15) is 27.0 Å². The number of benzene rings is 2. The molecule has 0 fully saturated rings. The third-order valence-electron chi connectivity index (χ3n) is 3.16. The van der Waals surface area contributed by atoms with E-state index in [-0.39, 0.29) is 10.6 Å². The van der Waals surface area contributed by atoms with Crippen molar-refractivity contribution in [1.82, 2.24) is 0 Å². The normalized spacial score (nSPS) is 10.4. The standard InChI is InChI=1S/C16H15ClO3/c1-9-6-10(2)11(3)15(7-9)20-14-5-4-12(16(18)19)8-13(14)17/h4-8H,1-3H3,(H,18,19). The molecule has 0 aliphatic heterocycles. The number of hydrogen-bond donors (Lipinski definition) is 1. The summed E-state index contributed by atoms with van der Waals surface area (Å²) in [6.45, 7) is 5.99. The lowest BCUT2D eigenvalue weighted by molar-refractivity contribution is 0.0697. The molecule has 2 rings (SSSR count). The van der Waals surface area contributed by atoms with E-state index >= 15 is 0 Å². The number of carboxylic acid groups (broad SMARTS) is 1. The van der Waals surface area contributed by atoms with Crippen molar-refractivity contribution >= 4 is 17.6 Å². The van der Waals surface area contributed by atoms with Crippen LogP contribution in [-0.2, 0) is 0 Å². The predicted octanol–water partition coefficient (Wildman–Crippen LogP) is 4.76. The van der Waals surface area contributed by atoms with E-state index in [1.54, 1.807) is 6.07 Å². The van der Waals surface area contributed by atoms with Crippen LogP contribution in [0, 0.1) is 20.8 Å². The molecular weight excluding hydrogens is 276 g/mol. The van der Waals surface area contributed by atoms with Gasteiger partial charge in [-0.15, -0.1) is 0 Å². The van der Waals surface area contributed by atoms with Crippen molar-refractivity contribution in [2.45, 2.75) is 20.8 Å². The predicted molar refractivity (Wildman–Crippen MR) is 79.1 cm³/mol. The van der Waals surface area contributed by atoms with Crippen LogP contribution in [0.15, 0.2) is 30.3 Å². The Bertz CT molecular complexity index is 678. The van der Waals surface area contributed by atoms with E-state index in [2.05, 4.69) is 6.07 Å². The first kappa shape index (κ1) is 14.4. The molecule has 3 nitrogen and oxygen atoms in total. The largest absolute Gasteiger partial charge is 0.478 e. The number of halogens is 1. The van der Waals surface area contributed by atoms with Crippen molar-refractivity contribution in [3.63, 3.8) is 0 Å². The molecule has 0 saturated heterocycles. The fraction of sp³-hybridized carbons (Fsp3) is 0.188. The molecule has 104 valence electrons. The van der Waals surface area contributed by atoms with Crippen molar-refractivity contribution in [2.24, 2.45) is 0 Å². The average molecular weight is 291 g/mol. The zero-order chi connectivity index (χ0) is 14.9. The Morgan fingerprint density at radius 1 is 1.10 bits per heavy atom. The van der Waals surface area contributed by atoms with Crippen LogP contribution in [0.3, 0.4) is 0 Å². The smallest absolute Gasteiger partial charge is 0.335 e. The lowest BCUT2D eigenvalue weighted by Gasteiger charge is -2.13. The Morgan fingerprint density at radius 3 is 2.40 bits per heavy atom. The van der Waals surface area contributed by atoms with Gasteiger partial charge in [-0.25, -0.2) is 4.79 Å². The second-order valence-electron chi connectivity index (χ2n) is 4.76. The number of hydrogen-bond acceptors (Lipinski definition) is 2. The summed E-state index contributed by atoms with van der Waals surface area (Å²) in [5.74, 6) is 0.165. The molecule has 20 heavy (non-hydrogen) atoms. The molecular formula is C16H15ClO3. The summed E-state index contributed by atoms with van der Waals surface area (Å²) < 4.78 is 5.81. The van der Waals surface area contributed by atoms with E-state index in [1.807, 2.05) is 26.8 Å². The monoisotopic (exact) mass is 290 g/mol. The second-order valence-corrected chi connectivity index (χ2v) is 5.16. The van der Waals surface area contributed by atoms with Gasteiger partial charge in [0.15, 0.2) is 0 Å². The first-order chi connectivity index (χ1) is 9.38. The van der Waals surface area contributed by atoms with Gasteiger partial charge < -0.3 is 9.84 Å². The quantitative estimate of drug-likeness (QED) is 0.887. The van der Waals surface area contributed by atoms with Gasteiger partial charge in [0.25, 0.3) is 0 Å². The van der Waals surface area contributed by atoms with Crippen molar-refractivity contribution in [2.75, 3.05) is 0 Å². The minimum atomic E-state index is -1.01. The van der Waals surface area contributed by atoms with Gasteiger partial charge in [0, 0.05) is 0 Å². The highest BCUT2D eigenvalue weighted by molar-refractivity contribution is 6.32. The molecule has 0 aromatic heterocycles. The minimum absolute atomic E-state index is 0.138. The van der Waals surface area contributed by atoms with E-state index in [0.29, 0.717) is 5.75 Å². The zero-order valence-electron chi connectivity index (χ0n) is 11.5. The molecule has 0 aliphatic carbocycles. The summed E-state index contributed by atoms with van der Waals surface area (Å²) in [6, 6.07) is 8.45. The summed E-state index contributed by atoms with van der Waals surface area (Å²) in [4.78, 5) is 10.9. The third kappa shape index (κ3) is 2.94. The Labute approximate surface area is 122 Å². The highest BCUT2D eigenvalue weighted by Gasteiger charge is 2.11. The van der Waals surface area contributed by atoms with Crippen LogP contribution < -0.4 is 4.74 Å². The van der Waals surface area contributed by atoms with Gasteiger partial charge >= 0.3 is 5.97 Å². The number of rotatable bonds is 3. The number of ether oxygens (including phenoxy) is 1. The van der Waals surface area contributed by atoms with Crippen molar-refractivity contribution < 1.29 is 14.6 Å². The number of aromatic carboxylic acids is 1. The maximum Gasteiger partial charge on any atom is 0.335 e. The maximum atomic E-state index is 10.9. The molecule has 0 atom stereocenters. The molecule has 0 unspecified atom stereocenters. The lowest BCUT2D eigenvalue weighted by Crippen LogP contribution is -1.97. The molecule has 4 heteroatoms. The molecule has 0 spiro atoms. The van der Waals surface area contributed by atoms with Gasteiger partial charge in [-0.05, 0) is 61.7 Å². The van der Waals surface area contributed by atoms with Gasteiger partial charge in [0.1, 0.15) is 11.5 Å².